The number of benzene rings is 1. The highest BCUT2D eigenvalue weighted by Crippen LogP contribution is 2.35. The Morgan fingerprint density at radius 2 is 2.00 bits per heavy atom. The molecule has 4 N–H and O–H groups in total. The van der Waals surface area contributed by atoms with E-state index in [1.807, 2.05) is 4.90 Å². The molecule has 0 bridgehead atoms. The molecule has 2 aromatic rings. The number of rotatable bonds is 11. The maximum Gasteiger partial charge on any atom is 0.251 e. The summed E-state index contributed by atoms with van der Waals surface area (Å²) in [4.78, 5) is 13.1. The van der Waals surface area contributed by atoms with Crippen LogP contribution in [0.25, 0.3) is 17.0 Å². The Morgan fingerprint density at radius 1 is 1.26 bits per heavy atom. The fourth-order valence-corrected chi connectivity index (χ4v) is 4.64. The molecule has 1 saturated heterocycles. The summed E-state index contributed by atoms with van der Waals surface area (Å²) in [5.41, 5.74) is 1.79. The predicted molar refractivity (Wildman–Crippen MR) is 146 cm³/mol. The van der Waals surface area contributed by atoms with Gasteiger partial charge in [-0.1, -0.05) is 11.6 Å². The first kappa shape index (κ1) is 29.7. The maximum absolute atomic E-state index is 13.1. The molecule has 1 aromatic heterocycles. The van der Waals surface area contributed by atoms with Gasteiger partial charge in [0.25, 0.3) is 6.43 Å². The number of nitrogens with zero attached hydrogens (tertiary/aromatic N) is 4. The molecule has 0 spiro atoms. The molecule has 1 atom stereocenters. The van der Waals surface area contributed by atoms with Crippen LogP contribution < -0.4 is 15.0 Å². The second kappa shape index (κ2) is 13.3. The molecular formula is C26H35ClF2N6O3. The fraction of sp³-hybridized carbons (Fsp3) is 0.500. The molecule has 1 aliphatic heterocycles. The molecule has 0 aliphatic carbocycles. The van der Waals surface area contributed by atoms with E-state index in [9.17, 15) is 19.0 Å². The number of hydrogen-bond acceptors (Lipinski definition) is 9. The summed E-state index contributed by atoms with van der Waals surface area (Å²) in [6, 6.07) is 4.98. The average molecular weight is 553 g/mol. The predicted octanol–water partition coefficient (Wildman–Crippen LogP) is 4.13. The van der Waals surface area contributed by atoms with E-state index in [1.54, 1.807) is 44.0 Å². The van der Waals surface area contributed by atoms with E-state index in [0.29, 0.717) is 59.5 Å². The van der Waals surface area contributed by atoms with Crippen molar-refractivity contribution in [2.24, 2.45) is 0 Å². The van der Waals surface area contributed by atoms with E-state index in [2.05, 4.69) is 5.32 Å². The number of aliphatic hydroxyl groups excluding tert-OH is 2. The van der Waals surface area contributed by atoms with Crippen molar-refractivity contribution in [2.45, 2.75) is 39.7 Å². The topological polar surface area (TPSA) is 118 Å². The van der Waals surface area contributed by atoms with Crippen LogP contribution in [-0.2, 0) is 0 Å². The minimum atomic E-state index is -2.45. The summed E-state index contributed by atoms with van der Waals surface area (Å²) in [5.74, 6) is 1.12. The Kier molecular flexibility index (Phi) is 10.4. The van der Waals surface area contributed by atoms with Crippen LogP contribution >= 0.6 is 11.6 Å². The highest BCUT2D eigenvalue weighted by molar-refractivity contribution is 6.33. The molecular weight excluding hydrogens is 518 g/mol. The zero-order valence-electron chi connectivity index (χ0n) is 22.1. The van der Waals surface area contributed by atoms with Crippen LogP contribution in [0.3, 0.4) is 0 Å². The van der Waals surface area contributed by atoms with Gasteiger partial charge in [-0.15, -0.1) is 0 Å². The molecule has 1 fully saturated rings. The Bertz CT molecular complexity index is 1180. The first-order chi connectivity index (χ1) is 18.0. The number of ether oxygens (including phenoxy) is 1. The number of allylic oxidation sites excluding steroid dienone is 2. The largest absolute Gasteiger partial charge is 0.512 e. The van der Waals surface area contributed by atoms with E-state index in [0.717, 1.165) is 0 Å². The summed E-state index contributed by atoms with van der Waals surface area (Å²) >= 11 is 6.55. The number of aromatic nitrogens is 2. The summed E-state index contributed by atoms with van der Waals surface area (Å²) in [6.07, 6.45) is -2.49. The smallest absolute Gasteiger partial charge is 0.251 e. The first-order valence-electron chi connectivity index (χ1n) is 12.4. The number of likely N-dealkylation sites (N-methyl/N-ethyl adjacent to an activating group) is 1. The minimum absolute atomic E-state index is 0.0600. The van der Waals surface area contributed by atoms with Crippen LogP contribution in [-0.4, -0.2) is 89.8 Å². The van der Waals surface area contributed by atoms with E-state index >= 15 is 0 Å². The van der Waals surface area contributed by atoms with Gasteiger partial charge in [-0.3, -0.25) is 4.90 Å². The van der Waals surface area contributed by atoms with Crippen LogP contribution in [0, 0.1) is 12.3 Å². The molecule has 0 saturated carbocycles. The van der Waals surface area contributed by atoms with Crippen molar-refractivity contribution in [1.82, 2.24) is 20.2 Å². The number of hydrogen-bond donors (Lipinski definition) is 4. The monoisotopic (exact) mass is 552 g/mol. The summed E-state index contributed by atoms with van der Waals surface area (Å²) in [7, 11) is 1.73. The first-order valence-corrected chi connectivity index (χ1v) is 12.7. The van der Waals surface area contributed by atoms with E-state index < -0.39 is 12.5 Å². The van der Waals surface area contributed by atoms with Gasteiger partial charge in [-0.25, -0.2) is 18.7 Å². The maximum atomic E-state index is 13.1. The number of nitrogens with one attached hydrogen (secondary N) is 2. The third kappa shape index (κ3) is 7.37. The second-order valence-electron chi connectivity index (χ2n) is 9.32. The lowest BCUT2D eigenvalue weighted by atomic mass is 10.0. The van der Waals surface area contributed by atoms with Gasteiger partial charge in [0.05, 0.1) is 29.5 Å². The molecule has 2 heterocycles. The van der Waals surface area contributed by atoms with Crippen molar-refractivity contribution in [3.8, 4) is 17.1 Å². The van der Waals surface area contributed by atoms with Gasteiger partial charge >= 0.3 is 0 Å². The Morgan fingerprint density at radius 3 is 2.63 bits per heavy atom. The van der Waals surface area contributed by atoms with Gasteiger partial charge in [0.15, 0.2) is 5.82 Å². The Labute approximate surface area is 226 Å². The molecule has 1 aliphatic rings. The summed E-state index contributed by atoms with van der Waals surface area (Å²) in [6.45, 7) is 6.31. The molecule has 0 unspecified atom stereocenters. The van der Waals surface area contributed by atoms with Gasteiger partial charge < -0.3 is 30.6 Å². The lowest BCUT2D eigenvalue weighted by molar-refractivity contribution is 0.0814. The highest BCUT2D eigenvalue weighted by Gasteiger charge is 2.27. The van der Waals surface area contributed by atoms with E-state index in [1.165, 1.54) is 6.92 Å². The van der Waals surface area contributed by atoms with Gasteiger partial charge in [0, 0.05) is 36.5 Å². The van der Waals surface area contributed by atoms with Crippen molar-refractivity contribution in [3.63, 3.8) is 0 Å². The number of anilines is 1. The van der Waals surface area contributed by atoms with Crippen molar-refractivity contribution in [3.05, 3.63) is 40.2 Å². The lowest BCUT2D eigenvalue weighted by Gasteiger charge is -2.37. The molecule has 3 rings (SSSR count). The van der Waals surface area contributed by atoms with Gasteiger partial charge in [-0.2, -0.15) is 0 Å². The summed E-state index contributed by atoms with van der Waals surface area (Å²) < 4.78 is 32.0. The zero-order valence-corrected chi connectivity index (χ0v) is 22.8. The van der Waals surface area contributed by atoms with Crippen LogP contribution in [0.2, 0.25) is 5.02 Å². The molecule has 38 heavy (non-hydrogen) atoms. The highest BCUT2D eigenvalue weighted by atomic mass is 35.5. The van der Waals surface area contributed by atoms with Crippen molar-refractivity contribution in [1.29, 1.82) is 5.41 Å². The van der Waals surface area contributed by atoms with Crippen LogP contribution in [0.15, 0.2) is 24.0 Å². The van der Waals surface area contributed by atoms with Gasteiger partial charge in [-0.05, 0) is 52.4 Å². The molecule has 0 amide bonds. The van der Waals surface area contributed by atoms with Crippen LogP contribution in [0.5, 0.6) is 5.75 Å². The molecule has 1 aromatic carbocycles. The van der Waals surface area contributed by atoms with Crippen molar-refractivity contribution in [2.75, 3.05) is 51.4 Å². The summed E-state index contributed by atoms with van der Waals surface area (Å²) in [5, 5.41) is 31.9. The molecule has 208 valence electrons. The Hall–Kier alpha value is -2.86. The minimum Gasteiger partial charge on any atom is -0.512 e. The molecule has 0 radical (unpaired) electrons. The zero-order chi connectivity index (χ0) is 28.0. The van der Waals surface area contributed by atoms with Crippen LogP contribution in [0.1, 0.15) is 31.5 Å². The van der Waals surface area contributed by atoms with Crippen molar-refractivity contribution < 1.29 is 23.7 Å². The number of alkyl halides is 2. The standard InChI is InChI=1S/C26H35ClF2N6O3/c1-15-24(23(16(2)30)17(3)36)32-25(33-26(15)35-9-5-8-34(14-35)12-22(28)29)20-10-19(6-7-21(20)27)38-13-18(37)11-31-4/h6-7,10,18,22,30-31,36-37H,5,8-9,11-14H2,1-4H3/b23-17+,30-16?/t18-/m1/s1. The SMILES string of the molecule is CNC[C@@H](O)COc1ccc(Cl)c(-c2nc(/C(C(C)=N)=C(\C)O)c(C)c(N3CCCN(CC(F)F)C3)n2)c1. The van der Waals surface area contributed by atoms with E-state index in [-0.39, 0.29) is 42.7 Å². The third-order valence-electron chi connectivity index (χ3n) is 6.12. The molecule has 9 nitrogen and oxygen atoms in total. The molecule has 12 heteroatoms. The lowest BCUT2D eigenvalue weighted by Crippen LogP contribution is -2.47. The number of aliphatic hydroxyl groups is 2. The second-order valence-corrected chi connectivity index (χ2v) is 9.73. The normalized spacial score (nSPS) is 16.0. The number of halogens is 3. The average Bonchev–Trinajstić information content (AvgIpc) is 2.84. The third-order valence-corrected chi connectivity index (χ3v) is 6.45. The van der Waals surface area contributed by atoms with E-state index in [4.69, 9.17) is 31.7 Å². The fourth-order valence-electron chi connectivity index (χ4n) is 4.43. The Balaban J connectivity index is 2.12. The van der Waals surface area contributed by atoms with Crippen molar-refractivity contribution >= 4 is 28.7 Å². The quantitative estimate of drug-likeness (QED) is 0.243. The van der Waals surface area contributed by atoms with Gasteiger partial charge in [0.1, 0.15) is 30.0 Å². The van der Waals surface area contributed by atoms with Crippen LogP contribution in [0.4, 0.5) is 14.6 Å². The van der Waals surface area contributed by atoms with Gasteiger partial charge in [0.2, 0.25) is 0 Å².